The molecule has 2 N–H and O–H groups in total. The lowest BCUT2D eigenvalue weighted by Gasteiger charge is -2.12. The van der Waals surface area contributed by atoms with Crippen LogP contribution in [-0.2, 0) is 28.4 Å². The molecule has 0 unspecified atom stereocenters. The number of ketones is 2. The number of carbonyl (C=O) groups excluding carboxylic acids is 2. The number of aliphatic hydroxyl groups is 2. The fourth-order valence-electron chi connectivity index (χ4n) is 5.98. The van der Waals surface area contributed by atoms with E-state index >= 15 is 0 Å². The zero-order chi connectivity index (χ0) is 47.3. The van der Waals surface area contributed by atoms with Crippen molar-refractivity contribution in [2.24, 2.45) is 0 Å². The maximum absolute atomic E-state index is 11.8. The summed E-state index contributed by atoms with van der Waals surface area (Å²) in [5, 5.41) is 18.6. The second-order valence-electron chi connectivity index (χ2n) is 12.0. The van der Waals surface area contributed by atoms with Gasteiger partial charge < -0.3 is 38.6 Å². The Bertz CT molecular complexity index is 1390. The van der Waals surface area contributed by atoms with Crippen LogP contribution < -0.4 is 0 Å². The SMILES string of the molecule is C.CC.CC.CC.CC.CC.CC.CO[C@H]1CO[C@H]2[C@@H]1OC[C@@H]2O.CO[C@H]1CO[C@H]2[C@@H]1OC[C@H]2O.O=C(c1ccccc1)c1ccccc1.O=C(c1ccccc1)c1ccccc1. The van der Waals surface area contributed by atoms with E-state index in [0.717, 1.165) is 22.3 Å². The van der Waals surface area contributed by atoms with Crippen LogP contribution in [0.1, 0.15) is 122 Å². The predicted molar refractivity (Wildman–Crippen MR) is 260 cm³/mol. The Labute approximate surface area is 382 Å². The van der Waals surface area contributed by atoms with Gasteiger partial charge in [0.15, 0.2) is 11.6 Å². The van der Waals surface area contributed by atoms with Gasteiger partial charge in [0, 0.05) is 36.5 Å². The minimum Gasteiger partial charge on any atom is -0.388 e. The Balaban J connectivity index is -0.000000703. The Morgan fingerprint density at radius 3 is 0.810 bits per heavy atom. The first-order valence-electron chi connectivity index (χ1n) is 22.6. The predicted octanol–water partition coefficient (Wildman–Crippen LogP) is 10.9. The third kappa shape index (κ3) is 21.4. The van der Waals surface area contributed by atoms with Gasteiger partial charge in [0.1, 0.15) is 48.8 Å². The van der Waals surface area contributed by atoms with Crippen LogP contribution in [0, 0.1) is 0 Å². The second kappa shape index (κ2) is 40.7. The molecule has 0 spiro atoms. The highest BCUT2D eigenvalue weighted by Crippen LogP contribution is 2.29. The fraction of sp³-hybridized carbons (Fsp3) is 0.509. The van der Waals surface area contributed by atoms with Crippen molar-refractivity contribution in [2.45, 2.75) is 139 Å². The highest BCUT2D eigenvalue weighted by molar-refractivity contribution is 6.09. The minimum absolute atomic E-state index is 0. The van der Waals surface area contributed by atoms with E-state index in [1.807, 2.05) is 204 Å². The van der Waals surface area contributed by atoms with Crippen LogP contribution in [0.4, 0.5) is 0 Å². The summed E-state index contributed by atoms with van der Waals surface area (Å²) in [7, 11) is 3.26. The standard InChI is InChI=1S/2C13H10O.2C7H12O4.6C2H6.CH4/c2*14-13(11-7-3-1-4-8-11)12-9-5-2-6-10-12;2*1-9-5-3-11-6-4(8)2-10-7(5)6;6*1-2;/h2*1-10H;2*4-8H,2-3H2,1H3;6*1-2H3;1H4/t;;4-,5+,6-,7-;4-,5-,6+,7+;;;;;;;/m..10......./s1. The van der Waals surface area contributed by atoms with E-state index in [1.54, 1.807) is 14.2 Å². The van der Waals surface area contributed by atoms with Gasteiger partial charge in [0.25, 0.3) is 0 Å². The largest absolute Gasteiger partial charge is 0.388 e. The van der Waals surface area contributed by atoms with E-state index in [4.69, 9.17) is 28.4 Å². The zero-order valence-corrected chi connectivity index (χ0v) is 40.2. The van der Waals surface area contributed by atoms with Gasteiger partial charge in [-0.05, 0) is 0 Å². The van der Waals surface area contributed by atoms with Crippen molar-refractivity contribution in [1.29, 1.82) is 0 Å². The van der Waals surface area contributed by atoms with Crippen molar-refractivity contribution in [3.8, 4) is 0 Å². The number of rotatable bonds is 6. The molecule has 4 saturated heterocycles. The van der Waals surface area contributed by atoms with E-state index < -0.39 is 12.2 Å². The number of aliphatic hydroxyl groups excluding tert-OH is 2. The lowest BCUT2D eigenvalue weighted by atomic mass is 10.0. The molecule has 0 saturated carbocycles. The number of carbonyl (C=O) groups is 2. The summed E-state index contributed by atoms with van der Waals surface area (Å²) >= 11 is 0. The van der Waals surface area contributed by atoms with Gasteiger partial charge in [0.2, 0.25) is 0 Å². The molecule has 356 valence electrons. The topological polar surface area (TPSA) is 130 Å². The van der Waals surface area contributed by atoms with E-state index in [1.165, 1.54) is 0 Å². The van der Waals surface area contributed by atoms with Crippen molar-refractivity contribution >= 4 is 11.6 Å². The zero-order valence-electron chi connectivity index (χ0n) is 40.2. The summed E-state index contributed by atoms with van der Waals surface area (Å²) in [5.74, 6) is 0.150. The lowest BCUT2D eigenvalue weighted by molar-refractivity contribution is -0.0168. The highest BCUT2D eigenvalue weighted by atomic mass is 16.6. The molecular formula is C53H84O10. The van der Waals surface area contributed by atoms with E-state index in [-0.39, 0.29) is 55.6 Å². The van der Waals surface area contributed by atoms with Crippen LogP contribution in [-0.4, -0.2) is 111 Å². The van der Waals surface area contributed by atoms with Crippen molar-refractivity contribution < 1.29 is 48.2 Å². The van der Waals surface area contributed by atoms with Crippen molar-refractivity contribution in [3.63, 3.8) is 0 Å². The monoisotopic (exact) mass is 881 g/mol. The molecule has 0 amide bonds. The molecular weight excluding hydrogens is 797 g/mol. The first-order chi connectivity index (χ1) is 30.4. The quantitative estimate of drug-likeness (QED) is 0.181. The molecule has 4 aliphatic rings. The molecule has 8 atom stereocenters. The van der Waals surface area contributed by atoms with Crippen LogP contribution in [0.15, 0.2) is 121 Å². The summed E-state index contributed by atoms with van der Waals surface area (Å²) in [6.07, 6.45) is -1.40. The molecule has 0 aromatic heterocycles. The number of benzene rings is 4. The molecule has 10 nitrogen and oxygen atoms in total. The number of fused-ring (bicyclic) bond motifs is 2. The fourth-order valence-corrected chi connectivity index (χ4v) is 5.98. The lowest BCUT2D eigenvalue weighted by Crippen LogP contribution is -2.32. The van der Waals surface area contributed by atoms with Crippen molar-refractivity contribution in [3.05, 3.63) is 144 Å². The first kappa shape index (κ1) is 63.2. The van der Waals surface area contributed by atoms with Crippen LogP contribution >= 0.6 is 0 Å². The van der Waals surface area contributed by atoms with Crippen LogP contribution in [0.2, 0.25) is 0 Å². The van der Waals surface area contributed by atoms with Gasteiger partial charge in [0.05, 0.1) is 26.4 Å². The van der Waals surface area contributed by atoms with Crippen LogP contribution in [0.5, 0.6) is 0 Å². The number of hydrogen-bond acceptors (Lipinski definition) is 10. The molecule has 4 aromatic carbocycles. The molecule has 0 bridgehead atoms. The number of ether oxygens (including phenoxy) is 6. The third-order valence-corrected chi connectivity index (χ3v) is 8.71. The average Bonchev–Trinajstić information content (AvgIpc) is 4.18. The van der Waals surface area contributed by atoms with E-state index in [2.05, 4.69) is 0 Å². The van der Waals surface area contributed by atoms with Gasteiger partial charge in [-0.2, -0.15) is 0 Å². The Morgan fingerprint density at radius 2 is 0.603 bits per heavy atom. The molecule has 0 radical (unpaired) electrons. The van der Waals surface area contributed by atoms with E-state index in [0.29, 0.717) is 26.4 Å². The average molecular weight is 881 g/mol. The highest BCUT2D eigenvalue weighted by Gasteiger charge is 2.48. The van der Waals surface area contributed by atoms with Crippen molar-refractivity contribution in [1.82, 2.24) is 0 Å². The van der Waals surface area contributed by atoms with Gasteiger partial charge >= 0.3 is 0 Å². The third-order valence-electron chi connectivity index (χ3n) is 8.71. The molecule has 0 aliphatic carbocycles. The smallest absolute Gasteiger partial charge is 0.193 e. The van der Waals surface area contributed by atoms with Gasteiger partial charge in [-0.1, -0.05) is 212 Å². The molecule has 8 rings (SSSR count). The normalized spacial score (nSPS) is 22.2. The molecule has 10 heteroatoms. The van der Waals surface area contributed by atoms with Crippen LogP contribution in [0.25, 0.3) is 0 Å². The molecule has 4 fully saturated rings. The van der Waals surface area contributed by atoms with Crippen LogP contribution in [0.3, 0.4) is 0 Å². The molecule has 4 aromatic rings. The summed E-state index contributed by atoms with van der Waals surface area (Å²) in [6, 6.07) is 37.2. The van der Waals surface area contributed by atoms with Gasteiger partial charge in [-0.15, -0.1) is 0 Å². The Morgan fingerprint density at radius 1 is 0.397 bits per heavy atom. The first-order valence-corrected chi connectivity index (χ1v) is 22.6. The molecule has 63 heavy (non-hydrogen) atoms. The second-order valence-corrected chi connectivity index (χ2v) is 12.0. The maximum Gasteiger partial charge on any atom is 0.193 e. The minimum atomic E-state index is -0.472. The number of methoxy groups -OCH3 is 2. The summed E-state index contributed by atoms with van der Waals surface area (Å²) in [6.45, 7) is 25.8. The Kier molecular flexibility index (Phi) is 40.8. The molecule has 4 heterocycles. The van der Waals surface area contributed by atoms with E-state index in [9.17, 15) is 19.8 Å². The molecule has 4 aliphatic heterocycles. The summed E-state index contributed by atoms with van der Waals surface area (Å²) < 4.78 is 31.4. The van der Waals surface area contributed by atoms with Gasteiger partial charge in [-0.25, -0.2) is 0 Å². The Hall–Kier alpha value is -4.10. The van der Waals surface area contributed by atoms with Gasteiger partial charge in [-0.3, -0.25) is 9.59 Å². The number of hydrogen-bond donors (Lipinski definition) is 2. The summed E-state index contributed by atoms with van der Waals surface area (Å²) in [4.78, 5) is 23.7. The van der Waals surface area contributed by atoms with Crippen molar-refractivity contribution in [2.75, 3.05) is 40.6 Å². The maximum atomic E-state index is 11.8. The summed E-state index contributed by atoms with van der Waals surface area (Å²) in [5.41, 5.74) is 2.94.